The van der Waals surface area contributed by atoms with Crippen LogP contribution in [0.15, 0.2) is 162 Å². The van der Waals surface area contributed by atoms with E-state index < -0.39 is 0 Å². The third-order valence-electron chi connectivity index (χ3n) is 8.79. The molecule has 8 aromatic carbocycles. The Labute approximate surface area is 250 Å². The first kappa shape index (κ1) is 23.0. The Morgan fingerprint density at radius 3 is 1.74 bits per heavy atom. The Hall–Kier alpha value is -5.66. The summed E-state index contributed by atoms with van der Waals surface area (Å²) in [5, 5.41) is 9.40. The van der Waals surface area contributed by atoms with Crippen LogP contribution in [0.5, 0.6) is 0 Å². The van der Waals surface area contributed by atoms with Crippen LogP contribution in [0.4, 0.5) is 0 Å². The van der Waals surface area contributed by atoms with E-state index in [1.165, 1.54) is 54.9 Å². The van der Waals surface area contributed by atoms with Crippen molar-refractivity contribution in [3.8, 4) is 33.4 Å². The zero-order chi connectivity index (χ0) is 29.2. The molecule has 0 aliphatic rings. The van der Waals surface area contributed by atoms with Crippen LogP contribution in [-0.2, 0) is 0 Å². The zero-order valence-corrected chi connectivity index (χ0v) is 23.3. The van der Waals surface area contributed by atoms with E-state index in [1.54, 1.807) is 0 Å². The molecule has 0 radical (unpaired) electrons. The van der Waals surface area contributed by atoms with Gasteiger partial charge in [0.1, 0.15) is 11.2 Å². The predicted octanol–water partition coefficient (Wildman–Crippen LogP) is 12.0. The van der Waals surface area contributed by atoms with Crippen LogP contribution in [0.1, 0.15) is 1.37 Å². The van der Waals surface area contributed by atoms with Gasteiger partial charge in [-0.05, 0) is 90.0 Å². The fourth-order valence-electron chi connectivity index (χ4n) is 6.86. The molecule has 0 saturated heterocycles. The molecule has 0 aliphatic carbocycles. The van der Waals surface area contributed by atoms with E-state index in [4.69, 9.17) is 5.79 Å². The normalized spacial score (nSPS) is 12.0. The van der Waals surface area contributed by atoms with E-state index in [1.807, 2.05) is 30.3 Å². The van der Waals surface area contributed by atoms with Gasteiger partial charge in [0.2, 0.25) is 0 Å². The van der Waals surface area contributed by atoms with Crippen molar-refractivity contribution in [1.82, 2.24) is 0 Å². The SMILES string of the molecule is [2H]c1ccc2cc(-c3ccccc3-c3c4ccccc4c(-c4ccc5oc6ccccc6c5c4)c4ccccc34)ccc2c1. The van der Waals surface area contributed by atoms with Gasteiger partial charge in [-0.3, -0.25) is 0 Å². The summed E-state index contributed by atoms with van der Waals surface area (Å²) in [6.07, 6.45) is 0. The lowest BCUT2D eigenvalue weighted by molar-refractivity contribution is 0.669. The van der Waals surface area contributed by atoms with E-state index in [9.17, 15) is 0 Å². The summed E-state index contributed by atoms with van der Waals surface area (Å²) in [5.74, 6) is 0. The Morgan fingerprint density at radius 2 is 0.977 bits per heavy atom. The number of fused-ring (bicyclic) bond motifs is 6. The second-order valence-corrected chi connectivity index (χ2v) is 11.2. The molecule has 0 unspecified atom stereocenters. The molecule has 0 N–H and O–H groups in total. The van der Waals surface area contributed by atoms with Gasteiger partial charge in [0.15, 0.2) is 0 Å². The summed E-state index contributed by atoms with van der Waals surface area (Å²) in [6.45, 7) is 0. The van der Waals surface area contributed by atoms with Crippen molar-refractivity contribution in [3.05, 3.63) is 158 Å². The highest BCUT2D eigenvalue weighted by molar-refractivity contribution is 6.23. The molecular weight excluding hydrogens is 520 g/mol. The fourth-order valence-corrected chi connectivity index (χ4v) is 6.86. The van der Waals surface area contributed by atoms with Crippen LogP contribution in [-0.4, -0.2) is 0 Å². The molecule has 0 bridgehead atoms. The molecule has 0 aliphatic heterocycles. The number of hydrogen-bond acceptors (Lipinski definition) is 1. The van der Waals surface area contributed by atoms with Gasteiger partial charge in [-0.1, -0.05) is 133 Å². The molecule has 1 heterocycles. The molecule has 200 valence electrons. The van der Waals surface area contributed by atoms with Gasteiger partial charge < -0.3 is 4.42 Å². The van der Waals surface area contributed by atoms with Gasteiger partial charge in [0, 0.05) is 10.8 Å². The van der Waals surface area contributed by atoms with Crippen molar-refractivity contribution in [3.63, 3.8) is 0 Å². The molecule has 1 heteroatoms. The average Bonchev–Trinajstić information content (AvgIpc) is 3.45. The van der Waals surface area contributed by atoms with Gasteiger partial charge >= 0.3 is 0 Å². The van der Waals surface area contributed by atoms with Gasteiger partial charge in [-0.15, -0.1) is 0 Å². The third kappa shape index (κ3) is 3.72. The van der Waals surface area contributed by atoms with Crippen LogP contribution in [0.2, 0.25) is 0 Å². The molecule has 0 saturated carbocycles. The molecule has 0 spiro atoms. The lowest BCUT2D eigenvalue weighted by atomic mass is 9.83. The van der Waals surface area contributed by atoms with E-state index in [2.05, 4.69) is 121 Å². The maximum atomic E-state index is 8.04. The second kappa shape index (κ2) is 9.44. The van der Waals surface area contributed by atoms with Crippen molar-refractivity contribution < 1.29 is 5.79 Å². The van der Waals surface area contributed by atoms with Crippen molar-refractivity contribution in [2.24, 2.45) is 0 Å². The first-order valence-corrected chi connectivity index (χ1v) is 14.7. The molecule has 0 fully saturated rings. The summed E-state index contributed by atoms with van der Waals surface area (Å²) in [7, 11) is 0. The lowest BCUT2D eigenvalue weighted by Gasteiger charge is -2.20. The Balaban J connectivity index is 1.34. The predicted molar refractivity (Wildman–Crippen MR) is 183 cm³/mol. The molecule has 9 aromatic rings. The molecule has 0 amide bonds. The highest BCUT2D eigenvalue weighted by atomic mass is 16.3. The molecule has 43 heavy (non-hydrogen) atoms. The summed E-state index contributed by atoms with van der Waals surface area (Å²) < 4.78 is 14.2. The average molecular weight is 548 g/mol. The second-order valence-electron chi connectivity index (χ2n) is 11.2. The minimum Gasteiger partial charge on any atom is -0.456 e. The molecule has 0 atom stereocenters. The minimum absolute atomic E-state index is 0.531. The number of rotatable bonds is 3. The van der Waals surface area contributed by atoms with Crippen molar-refractivity contribution >= 4 is 54.3 Å². The van der Waals surface area contributed by atoms with E-state index >= 15 is 0 Å². The van der Waals surface area contributed by atoms with Crippen molar-refractivity contribution in [2.75, 3.05) is 0 Å². The summed E-state index contributed by atoms with van der Waals surface area (Å²) in [4.78, 5) is 0. The Morgan fingerprint density at radius 1 is 0.372 bits per heavy atom. The standard InChI is InChI=1S/C42H26O/c1-2-12-28-25-29(22-21-27(28)11-1)31-13-3-4-15-33(31)42-36-18-7-5-16-34(36)41(35-17-6-8-19-37(35)42)30-23-24-40-38(26-30)32-14-9-10-20-39(32)43-40/h1-26H/i1D. The van der Waals surface area contributed by atoms with Crippen LogP contribution >= 0.6 is 0 Å². The number of benzene rings is 8. The topological polar surface area (TPSA) is 13.1 Å². The largest absolute Gasteiger partial charge is 0.456 e. The third-order valence-corrected chi connectivity index (χ3v) is 8.79. The van der Waals surface area contributed by atoms with E-state index in [0.29, 0.717) is 6.04 Å². The molecule has 1 aromatic heterocycles. The van der Waals surface area contributed by atoms with Crippen LogP contribution < -0.4 is 0 Å². The molecular formula is C42H26O. The number of para-hydroxylation sites is 1. The van der Waals surface area contributed by atoms with E-state index in [0.717, 1.165) is 32.7 Å². The maximum absolute atomic E-state index is 8.04. The van der Waals surface area contributed by atoms with Gasteiger partial charge in [0.25, 0.3) is 0 Å². The highest BCUT2D eigenvalue weighted by Crippen LogP contribution is 2.46. The van der Waals surface area contributed by atoms with Crippen LogP contribution in [0, 0.1) is 0 Å². The quantitative estimate of drug-likeness (QED) is 0.201. The highest BCUT2D eigenvalue weighted by Gasteiger charge is 2.19. The summed E-state index contributed by atoms with van der Waals surface area (Å²) >= 11 is 0. The fraction of sp³-hybridized carbons (Fsp3) is 0. The van der Waals surface area contributed by atoms with Gasteiger partial charge in [-0.2, -0.15) is 0 Å². The van der Waals surface area contributed by atoms with Crippen molar-refractivity contribution in [2.45, 2.75) is 0 Å². The maximum Gasteiger partial charge on any atom is 0.135 e. The lowest BCUT2D eigenvalue weighted by Crippen LogP contribution is -1.92. The number of furan rings is 1. The Bertz CT molecular complexity index is 2510. The first-order chi connectivity index (χ1) is 21.7. The summed E-state index contributed by atoms with van der Waals surface area (Å²) in [6, 6.07) is 54.2. The van der Waals surface area contributed by atoms with Crippen molar-refractivity contribution in [1.29, 1.82) is 0 Å². The molecule has 9 rings (SSSR count). The Kier molecular flexibility index (Phi) is 5.04. The van der Waals surface area contributed by atoms with Gasteiger partial charge in [0.05, 0.1) is 1.37 Å². The monoisotopic (exact) mass is 547 g/mol. The van der Waals surface area contributed by atoms with Crippen LogP contribution in [0.3, 0.4) is 0 Å². The first-order valence-electron chi connectivity index (χ1n) is 15.2. The van der Waals surface area contributed by atoms with E-state index in [-0.39, 0.29) is 0 Å². The van der Waals surface area contributed by atoms with Crippen LogP contribution in [0.25, 0.3) is 87.6 Å². The smallest absolute Gasteiger partial charge is 0.135 e. The number of hydrogen-bond donors (Lipinski definition) is 0. The van der Waals surface area contributed by atoms with Gasteiger partial charge in [-0.25, -0.2) is 0 Å². The summed E-state index contributed by atoms with van der Waals surface area (Å²) in [5.41, 5.74) is 9.05. The molecule has 1 nitrogen and oxygen atoms in total. The minimum atomic E-state index is 0.531. The zero-order valence-electron chi connectivity index (χ0n) is 24.3.